The van der Waals surface area contributed by atoms with Crippen molar-refractivity contribution < 1.29 is 19.0 Å². The van der Waals surface area contributed by atoms with Gasteiger partial charge in [-0.3, -0.25) is 0 Å². The Kier molecular flexibility index (Phi) is 7.26. The van der Waals surface area contributed by atoms with E-state index in [1.54, 1.807) is 13.1 Å². The molecule has 174 valence electrons. The average Bonchev–Trinajstić information content (AvgIpc) is 3.24. The van der Waals surface area contributed by atoms with Crippen LogP contribution >= 0.6 is 11.3 Å². The van der Waals surface area contributed by atoms with Gasteiger partial charge in [-0.05, 0) is 29.8 Å². The van der Waals surface area contributed by atoms with E-state index in [2.05, 4.69) is 44.8 Å². The largest absolute Gasteiger partial charge is 0.505 e. The Hall–Kier alpha value is -3.37. The zero-order chi connectivity index (χ0) is 23.2. The Morgan fingerprint density at radius 3 is 2.67 bits per heavy atom. The summed E-state index contributed by atoms with van der Waals surface area (Å²) in [6.07, 6.45) is 0. The minimum Gasteiger partial charge on any atom is -0.505 e. The van der Waals surface area contributed by atoms with Crippen molar-refractivity contribution >= 4 is 28.7 Å². The molecule has 0 radical (unpaired) electrons. The van der Waals surface area contributed by atoms with Gasteiger partial charge in [0.2, 0.25) is 0 Å². The number of nitrogens with zero attached hydrogens (tertiary/aromatic N) is 3. The third kappa shape index (κ3) is 5.52. The normalized spacial score (nSPS) is 14.4. The van der Waals surface area contributed by atoms with Crippen molar-refractivity contribution in [2.45, 2.75) is 6.54 Å². The van der Waals surface area contributed by atoms with Crippen LogP contribution in [0.3, 0.4) is 0 Å². The van der Waals surface area contributed by atoms with Crippen LogP contribution in [0.1, 0.15) is 0 Å². The average molecular weight is 472 g/mol. The van der Waals surface area contributed by atoms with E-state index < -0.39 is 11.6 Å². The van der Waals surface area contributed by atoms with Crippen LogP contribution in [-0.2, 0) is 11.3 Å². The van der Waals surface area contributed by atoms with Crippen LogP contribution in [0.5, 0.6) is 5.75 Å². The van der Waals surface area contributed by atoms with Crippen LogP contribution in [0.25, 0.3) is 11.3 Å². The quantitative estimate of drug-likeness (QED) is 0.515. The van der Waals surface area contributed by atoms with E-state index in [1.165, 1.54) is 23.5 Å². The summed E-state index contributed by atoms with van der Waals surface area (Å²) >= 11 is 1.43. The van der Waals surface area contributed by atoms with E-state index in [0.717, 1.165) is 43.2 Å². The molecule has 0 unspecified atom stereocenters. The predicted molar refractivity (Wildman–Crippen MR) is 127 cm³/mol. The summed E-state index contributed by atoms with van der Waals surface area (Å²) in [4.78, 5) is 19.1. The number of morpholine rings is 1. The molecule has 3 N–H and O–H groups in total. The second-order valence-corrected chi connectivity index (χ2v) is 8.29. The molecule has 1 aliphatic heterocycles. The molecule has 33 heavy (non-hydrogen) atoms. The van der Waals surface area contributed by atoms with Gasteiger partial charge in [-0.2, -0.15) is 0 Å². The van der Waals surface area contributed by atoms with Crippen molar-refractivity contribution in [3.05, 3.63) is 58.5 Å². The predicted octanol–water partition coefficient (Wildman–Crippen LogP) is 3.06. The van der Waals surface area contributed by atoms with Gasteiger partial charge in [0.1, 0.15) is 0 Å². The Bertz CT molecular complexity index is 1170. The number of thiazole rings is 1. The molecule has 1 fully saturated rings. The highest BCUT2D eigenvalue weighted by molar-refractivity contribution is 7.07. The van der Waals surface area contributed by atoms with E-state index in [0.29, 0.717) is 23.6 Å². The summed E-state index contributed by atoms with van der Waals surface area (Å²) in [7, 11) is 1.56. The van der Waals surface area contributed by atoms with E-state index in [1.807, 2.05) is 9.95 Å². The minimum atomic E-state index is -0.723. The number of hydrogen-bond acceptors (Lipinski definition) is 6. The number of anilines is 1. The highest BCUT2D eigenvalue weighted by Crippen LogP contribution is 2.25. The molecule has 2 amide bonds. The molecule has 1 aliphatic rings. The van der Waals surface area contributed by atoms with Crippen molar-refractivity contribution in [1.82, 2.24) is 15.2 Å². The second-order valence-electron chi connectivity index (χ2n) is 7.45. The first-order chi connectivity index (χ1) is 16.0. The van der Waals surface area contributed by atoms with Crippen molar-refractivity contribution in [3.63, 3.8) is 0 Å². The number of phenols is 1. The molecular formula is C23H26FN5O3S. The first kappa shape index (κ1) is 22.8. The number of carbonyl (C=O) groups is 1. The fraction of sp³-hybridized carbons (Fsp3) is 0.304. The van der Waals surface area contributed by atoms with Gasteiger partial charge in [0, 0.05) is 50.4 Å². The summed E-state index contributed by atoms with van der Waals surface area (Å²) < 4.78 is 21.2. The number of aromatic nitrogens is 1. The number of urea groups is 1. The summed E-state index contributed by atoms with van der Waals surface area (Å²) in [5, 5.41) is 16.8. The molecule has 4 rings (SSSR count). The van der Waals surface area contributed by atoms with Gasteiger partial charge in [-0.15, -0.1) is 11.3 Å². The molecule has 1 saturated heterocycles. The molecule has 2 aromatic carbocycles. The number of hydrogen-bond donors (Lipinski definition) is 3. The van der Waals surface area contributed by atoms with E-state index >= 15 is 0 Å². The maximum Gasteiger partial charge on any atom is 0.314 e. The number of benzene rings is 2. The monoisotopic (exact) mass is 471 g/mol. The first-order valence-corrected chi connectivity index (χ1v) is 11.5. The van der Waals surface area contributed by atoms with E-state index in [9.17, 15) is 14.3 Å². The molecular weight excluding hydrogens is 445 g/mol. The van der Waals surface area contributed by atoms with Gasteiger partial charge < -0.3 is 29.9 Å². The Morgan fingerprint density at radius 1 is 1.21 bits per heavy atom. The summed E-state index contributed by atoms with van der Waals surface area (Å²) in [6.45, 7) is 4.08. The lowest BCUT2D eigenvalue weighted by molar-refractivity contribution is 0.122. The molecule has 8 nitrogen and oxygen atoms in total. The van der Waals surface area contributed by atoms with Crippen LogP contribution < -0.4 is 20.3 Å². The van der Waals surface area contributed by atoms with Crippen LogP contribution in [0.2, 0.25) is 0 Å². The molecule has 0 atom stereocenters. The molecule has 0 saturated carbocycles. The number of nitrogens with one attached hydrogen (secondary N) is 2. The summed E-state index contributed by atoms with van der Waals surface area (Å²) in [5.74, 6) is -1.14. The lowest BCUT2D eigenvalue weighted by Crippen LogP contribution is -2.36. The van der Waals surface area contributed by atoms with Gasteiger partial charge in [-0.25, -0.2) is 14.2 Å². The Labute approximate surface area is 195 Å². The summed E-state index contributed by atoms with van der Waals surface area (Å²) in [5.41, 5.74) is 3.51. The third-order valence-corrected chi connectivity index (χ3v) is 6.20. The fourth-order valence-corrected chi connectivity index (χ4v) is 4.53. The molecule has 3 aromatic rings. The molecule has 1 aromatic heterocycles. The number of halogens is 1. The Morgan fingerprint density at radius 2 is 1.97 bits per heavy atom. The molecule has 2 heterocycles. The zero-order valence-electron chi connectivity index (χ0n) is 18.3. The van der Waals surface area contributed by atoms with Gasteiger partial charge in [0.25, 0.3) is 0 Å². The van der Waals surface area contributed by atoms with E-state index in [4.69, 9.17) is 4.74 Å². The van der Waals surface area contributed by atoms with Crippen molar-refractivity contribution in [3.8, 4) is 17.0 Å². The van der Waals surface area contributed by atoms with Crippen molar-refractivity contribution in [2.24, 2.45) is 4.99 Å². The van der Waals surface area contributed by atoms with Gasteiger partial charge >= 0.3 is 6.03 Å². The number of rotatable bonds is 6. The highest BCUT2D eigenvalue weighted by atomic mass is 32.1. The molecule has 0 bridgehead atoms. The topological polar surface area (TPSA) is 91.1 Å². The minimum absolute atomic E-state index is 0.263. The number of carbonyl (C=O) groups excluding carboxylic acids is 1. The first-order valence-electron chi connectivity index (χ1n) is 10.7. The lowest BCUT2D eigenvalue weighted by atomic mass is 10.1. The fourth-order valence-electron chi connectivity index (χ4n) is 3.58. The van der Waals surface area contributed by atoms with Gasteiger partial charge in [0.05, 0.1) is 24.6 Å². The van der Waals surface area contributed by atoms with Gasteiger partial charge in [0.15, 0.2) is 16.4 Å². The maximum atomic E-state index is 13.8. The van der Waals surface area contributed by atoms with Crippen molar-refractivity contribution in [2.75, 3.05) is 44.8 Å². The summed E-state index contributed by atoms with van der Waals surface area (Å²) in [6, 6.07) is 12.1. The molecule has 10 heteroatoms. The number of phenolic OH excluding ortho intramolecular Hbond substituents is 1. The van der Waals surface area contributed by atoms with E-state index in [-0.39, 0.29) is 6.03 Å². The highest BCUT2D eigenvalue weighted by Gasteiger charge is 2.13. The maximum absolute atomic E-state index is 13.8. The standard InChI is InChI=1S/C23H26FN5O3S/c1-25-22(31)26-8-9-29-20(15-33-23(29)27-17-4-7-21(30)19(24)14-17)16-2-5-18(6-3-16)28-10-12-32-13-11-28/h2-7,14-15,30H,8-13H2,1H3,(H2,25,26,31)/b27-23+. The van der Waals surface area contributed by atoms with Crippen LogP contribution in [-0.4, -0.2) is 55.6 Å². The lowest BCUT2D eigenvalue weighted by Gasteiger charge is -2.28. The van der Waals surface area contributed by atoms with Gasteiger partial charge in [-0.1, -0.05) is 12.1 Å². The number of ether oxygens (including phenoxy) is 1. The zero-order valence-corrected chi connectivity index (χ0v) is 19.1. The van der Waals surface area contributed by atoms with Crippen LogP contribution in [0.4, 0.5) is 20.6 Å². The molecule has 0 spiro atoms. The SMILES string of the molecule is CNC(=O)NCCn1c(-c2ccc(N3CCOCC3)cc2)cs/c1=N/c1ccc(O)c(F)c1. The second kappa shape index (κ2) is 10.5. The molecule has 0 aliphatic carbocycles. The third-order valence-electron chi connectivity index (χ3n) is 5.34. The van der Waals surface area contributed by atoms with Crippen LogP contribution in [0.15, 0.2) is 52.8 Å². The van der Waals surface area contributed by atoms with Crippen LogP contribution in [0, 0.1) is 5.82 Å². The number of amides is 2. The smallest absolute Gasteiger partial charge is 0.314 e. The Balaban J connectivity index is 1.65. The van der Waals surface area contributed by atoms with Crippen molar-refractivity contribution in [1.29, 1.82) is 0 Å². The number of aromatic hydroxyl groups is 1.